The van der Waals surface area contributed by atoms with Gasteiger partial charge in [-0.1, -0.05) is 23.4 Å². The maximum Gasteiger partial charge on any atom is 0.259 e. The van der Waals surface area contributed by atoms with Gasteiger partial charge in [-0.25, -0.2) is 9.50 Å². The van der Waals surface area contributed by atoms with Crippen molar-refractivity contribution < 1.29 is 18.5 Å². The molecule has 1 atom stereocenters. The van der Waals surface area contributed by atoms with Gasteiger partial charge in [0.1, 0.15) is 23.1 Å². The van der Waals surface area contributed by atoms with E-state index in [9.17, 15) is 4.79 Å². The summed E-state index contributed by atoms with van der Waals surface area (Å²) < 4.78 is 18.6. The first-order valence-electron chi connectivity index (χ1n) is 11.4. The van der Waals surface area contributed by atoms with Crippen LogP contribution in [0.25, 0.3) is 28.1 Å². The van der Waals surface area contributed by atoms with E-state index in [-0.39, 0.29) is 11.9 Å². The van der Waals surface area contributed by atoms with Crippen LogP contribution < -0.4 is 4.74 Å². The summed E-state index contributed by atoms with van der Waals surface area (Å²) in [4.78, 5) is 19.2. The second-order valence-corrected chi connectivity index (χ2v) is 8.48. The van der Waals surface area contributed by atoms with Gasteiger partial charge in [0.25, 0.3) is 5.91 Å². The van der Waals surface area contributed by atoms with E-state index >= 15 is 0 Å². The third kappa shape index (κ3) is 3.59. The first-order valence-corrected chi connectivity index (χ1v) is 11.4. The molecule has 5 heterocycles. The minimum atomic E-state index is -0.0327. The van der Waals surface area contributed by atoms with Crippen LogP contribution in [0.1, 0.15) is 35.3 Å². The second-order valence-electron chi connectivity index (χ2n) is 8.48. The maximum absolute atomic E-state index is 12.9. The zero-order valence-electron chi connectivity index (χ0n) is 18.7. The molecule has 5 aromatic rings. The number of carbonyl (C=O) groups is 1. The van der Waals surface area contributed by atoms with Crippen LogP contribution in [-0.4, -0.2) is 49.8 Å². The van der Waals surface area contributed by atoms with Gasteiger partial charge in [-0.3, -0.25) is 4.79 Å². The molecule has 0 N–H and O–H groups in total. The highest BCUT2D eigenvalue weighted by molar-refractivity contribution is 5.95. The van der Waals surface area contributed by atoms with Crippen molar-refractivity contribution in [2.45, 2.75) is 32.2 Å². The number of aromatic nitrogens is 4. The van der Waals surface area contributed by atoms with E-state index < -0.39 is 0 Å². The van der Waals surface area contributed by atoms with E-state index in [1.165, 1.54) is 6.26 Å². The first kappa shape index (κ1) is 20.5. The van der Waals surface area contributed by atoms with Gasteiger partial charge in [-0.05, 0) is 38.0 Å². The van der Waals surface area contributed by atoms with Crippen molar-refractivity contribution in [3.63, 3.8) is 0 Å². The molecule has 9 nitrogen and oxygen atoms in total. The summed E-state index contributed by atoms with van der Waals surface area (Å²) in [5.74, 6) is 1.16. The van der Waals surface area contributed by atoms with Crippen molar-refractivity contribution in [3.8, 4) is 17.3 Å². The molecule has 172 valence electrons. The highest BCUT2D eigenvalue weighted by atomic mass is 16.5. The summed E-state index contributed by atoms with van der Waals surface area (Å²) >= 11 is 0. The predicted octanol–water partition coefficient (Wildman–Crippen LogP) is 4.51. The van der Waals surface area contributed by atoms with Crippen LogP contribution >= 0.6 is 0 Å². The van der Waals surface area contributed by atoms with Crippen LogP contribution in [0.5, 0.6) is 5.88 Å². The second kappa shape index (κ2) is 8.33. The van der Waals surface area contributed by atoms with E-state index in [2.05, 4.69) is 15.2 Å². The fraction of sp³-hybridized carbons (Fsp3) is 0.280. The number of hydrogen-bond acceptors (Lipinski definition) is 7. The number of para-hydroxylation sites is 1. The number of ether oxygens (including phenoxy) is 1. The summed E-state index contributed by atoms with van der Waals surface area (Å²) in [7, 11) is 0. The lowest BCUT2D eigenvalue weighted by molar-refractivity contribution is 0.0717. The predicted molar refractivity (Wildman–Crippen MR) is 124 cm³/mol. The highest BCUT2D eigenvalue weighted by Gasteiger charge is 2.31. The zero-order chi connectivity index (χ0) is 23.1. The van der Waals surface area contributed by atoms with Crippen molar-refractivity contribution in [3.05, 3.63) is 66.2 Å². The number of fused-ring (bicyclic) bond motifs is 2. The van der Waals surface area contributed by atoms with E-state index in [0.29, 0.717) is 35.2 Å². The number of imidazole rings is 1. The molecule has 0 bridgehead atoms. The minimum Gasteiger partial charge on any atom is -0.477 e. The molecule has 34 heavy (non-hydrogen) atoms. The summed E-state index contributed by atoms with van der Waals surface area (Å²) in [6, 6.07) is 13.6. The van der Waals surface area contributed by atoms with E-state index in [1.54, 1.807) is 17.6 Å². The number of furan rings is 1. The molecule has 6 rings (SSSR count). The Morgan fingerprint density at radius 3 is 3.00 bits per heavy atom. The maximum atomic E-state index is 12.9. The molecule has 0 radical (unpaired) electrons. The number of likely N-dealkylation sites (tertiary alicyclic amines) is 1. The molecular formula is C25H23N5O4. The Labute approximate surface area is 194 Å². The molecule has 0 spiro atoms. The van der Waals surface area contributed by atoms with Gasteiger partial charge in [0, 0.05) is 30.5 Å². The van der Waals surface area contributed by atoms with Crippen LogP contribution in [0.3, 0.4) is 0 Å². The van der Waals surface area contributed by atoms with Gasteiger partial charge in [0.05, 0.1) is 18.5 Å². The Hall–Kier alpha value is -4.14. The number of rotatable bonds is 6. The van der Waals surface area contributed by atoms with Crippen LogP contribution in [0.2, 0.25) is 0 Å². The lowest BCUT2D eigenvalue weighted by Gasteiger charge is -2.24. The largest absolute Gasteiger partial charge is 0.477 e. The molecule has 4 aromatic heterocycles. The van der Waals surface area contributed by atoms with Crippen LogP contribution in [-0.2, 0) is 0 Å². The number of nitrogens with zero attached hydrogens (tertiary/aromatic N) is 5. The fourth-order valence-corrected chi connectivity index (χ4v) is 4.56. The lowest BCUT2D eigenvalue weighted by Crippen LogP contribution is -2.36. The first-order chi connectivity index (χ1) is 16.7. The normalized spacial score (nSPS) is 16.0. The number of benzene rings is 1. The summed E-state index contributed by atoms with van der Waals surface area (Å²) in [5, 5.41) is 9.48. The third-order valence-electron chi connectivity index (χ3n) is 6.34. The van der Waals surface area contributed by atoms with Crippen molar-refractivity contribution in [1.82, 2.24) is 24.7 Å². The summed E-state index contributed by atoms with van der Waals surface area (Å²) in [6.45, 7) is 2.96. The SMILES string of the molecule is Cc1nocc1C(=O)N1CCCC1CCOc1ccc2ncc(-c3cc4ccccc4o3)n2n1. The van der Waals surface area contributed by atoms with Crippen molar-refractivity contribution in [2.75, 3.05) is 13.2 Å². The molecule has 0 saturated carbocycles. The van der Waals surface area contributed by atoms with E-state index in [1.807, 2.05) is 47.4 Å². The van der Waals surface area contributed by atoms with Crippen molar-refractivity contribution in [1.29, 1.82) is 0 Å². The molecule has 9 heteroatoms. The number of hydrogen-bond donors (Lipinski definition) is 0. The van der Waals surface area contributed by atoms with Crippen LogP contribution in [0.15, 0.2) is 63.9 Å². The average Bonchev–Trinajstić information content (AvgIpc) is 3.63. The minimum absolute atomic E-state index is 0.0327. The Morgan fingerprint density at radius 1 is 1.24 bits per heavy atom. The Bertz CT molecular complexity index is 1450. The van der Waals surface area contributed by atoms with Crippen molar-refractivity contribution >= 4 is 22.5 Å². The fourth-order valence-electron chi connectivity index (χ4n) is 4.56. The third-order valence-corrected chi connectivity index (χ3v) is 6.34. The molecule has 1 fully saturated rings. The highest BCUT2D eigenvalue weighted by Crippen LogP contribution is 2.28. The smallest absolute Gasteiger partial charge is 0.259 e. The topological polar surface area (TPSA) is 98.9 Å². The molecule has 0 aliphatic carbocycles. The van der Waals surface area contributed by atoms with E-state index in [4.69, 9.17) is 13.7 Å². The molecule has 1 saturated heterocycles. The molecule has 1 unspecified atom stereocenters. The molecule has 1 aliphatic rings. The Morgan fingerprint density at radius 2 is 2.15 bits per heavy atom. The van der Waals surface area contributed by atoms with E-state index in [0.717, 1.165) is 42.5 Å². The van der Waals surface area contributed by atoms with Crippen LogP contribution in [0.4, 0.5) is 0 Å². The van der Waals surface area contributed by atoms with Gasteiger partial charge in [-0.2, -0.15) is 0 Å². The molecule has 1 aliphatic heterocycles. The lowest BCUT2D eigenvalue weighted by atomic mass is 10.1. The quantitative estimate of drug-likeness (QED) is 0.370. The monoisotopic (exact) mass is 457 g/mol. The molecule has 1 aromatic carbocycles. The van der Waals surface area contributed by atoms with Crippen LogP contribution in [0, 0.1) is 6.92 Å². The number of amides is 1. The standard InChI is InChI=1S/C25H23N5O4/c1-16-19(15-33-28-16)25(31)29-11-4-6-18(29)10-12-32-24-9-8-23-26-14-20(30(23)27-24)22-13-17-5-2-3-7-21(17)34-22/h2-3,5,7-9,13-15,18H,4,6,10-12H2,1H3. The van der Waals surface area contributed by atoms with Gasteiger partial charge in [-0.15, -0.1) is 5.10 Å². The zero-order valence-corrected chi connectivity index (χ0v) is 18.7. The summed E-state index contributed by atoms with van der Waals surface area (Å²) in [5.41, 5.74) is 3.42. The Kier molecular flexibility index (Phi) is 5.01. The molecule has 1 amide bonds. The van der Waals surface area contributed by atoms with Gasteiger partial charge >= 0.3 is 0 Å². The number of carbonyl (C=O) groups excluding carboxylic acids is 1. The van der Waals surface area contributed by atoms with Gasteiger partial charge < -0.3 is 18.6 Å². The summed E-state index contributed by atoms with van der Waals surface area (Å²) in [6.07, 6.45) is 5.81. The number of aryl methyl sites for hydroxylation is 1. The average molecular weight is 457 g/mol. The van der Waals surface area contributed by atoms with Gasteiger partial charge in [0.15, 0.2) is 11.4 Å². The van der Waals surface area contributed by atoms with Crippen molar-refractivity contribution in [2.24, 2.45) is 0 Å². The molecular weight excluding hydrogens is 434 g/mol. The van der Waals surface area contributed by atoms with Gasteiger partial charge in [0.2, 0.25) is 5.88 Å². The Balaban J connectivity index is 1.16.